The lowest BCUT2D eigenvalue weighted by molar-refractivity contribution is 0.984. The van der Waals surface area contributed by atoms with Gasteiger partial charge in [-0.3, -0.25) is 0 Å². The first kappa shape index (κ1) is 31.8. The van der Waals surface area contributed by atoms with Crippen LogP contribution in [-0.2, 0) is 6.42 Å². The number of nitrogens with zero attached hydrogens (tertiary/aromatic N) is 2. The van der Waals surface area contributed by atoms with Crippen LogP contribution in [0.25, 0.3) is 49.5 Å². The predicted octanol–water partition coefficient (Wildman–Crippen LogP) is 14.7. The Hall–Kier alpha value is -6.90. The van der Waals surface area contributed by atoms with Crippen LogP contribution in [0.5, 0.6) is 0 Å². The standard InChI is InChI=1S/C52H38N2/c1-5-21-45-39(13-1)17-9-25-49(45)53(50-26-10-18-40-14-2-6-22-46(40)50)43-33-29-37(30-34-43)38-31-35-44(36-32-38)54(51-27-11-19-41-15-3-7-23-47(41)51)52-28-12-20-42-16-4-8-24-48(42)52/h1-3,5-15,17-36H,4,16H2. The minimum Gasteiger partial charge on any atom is -0.309 e. The van der Waals surface area contributed by atoms with Gasteiger partial charge in [-0.15, -0.1) is 0 Å². The van der Waals surface area contributed by atoms with Gasteiger partial charge in [0.05, 0.1) is 22.7 Å². The summed E-state index contributed by atoms with van der Waals surface area (Å²) in [5.41, 5.74) is 12.0. The molecule has 0 N–H and O–H groups in total. The van der Waals surface area contributed by atoms with Gasteiger partial charge in [-0.1, -0.05) is 158 Å². The Kier molecular flexibility index (Phi) is 8.00. The van der Waals surface area contributed by atoms with Crippen LogP contribution in [0.1, 0.15) is 17.5 Å². The molecule has 0 heterocycles. The number of rotatable bonds is 7. The molecule has 2 nitrogen and oxygen atoms in total. The second-order valence-electron chi connectivity index (χ2n) is 14.1. The molecule has 54 heavy (non-hydrogen) atoms. The van der Waals surface area contributed by atoms with E-state index in [0.717, 1.165) is 35.6 Å². The van der Waals surface area contributed by atoms with Crippen molar-refractivity contribution in [1.29, 1.82) is 0 Å². The zero-order chi connectivity index (χ0) is 35.8. The molecule has 0 bridgehead atoms. The molecular formula is C52H38N2. The van der Waals surface area contributed by atoms with Gasteiger partial charge in [0.2, 0.25) is 0 Å². The van der Waals surface area contributed by atoms with E-state index in [1.54, 1.807) is 0 Å². The highest BCUT2D eigenvalue weighted by molar-refractivity contribution is 6.05. The summed E-state index contributed by atoms with van der Waals surface area (Å²) >= 11 is 0. The van der Waals surface area contributed by atoms with Crippen molar-refractivity contribution in [3.05, 3.63) is 211 Å². The number of hydrogen-bond acceptors (Lipinski definition) is 2. The van der Waals surface area contributed by atoms with Crippen molar-refractivity contribution in [1.82, 2.24) is 0 Å². The van der Waals surface area contributed by atoms with Crippen molar-refractivity contribution < 1.29 is 0 Å². The zero-order valence-electron chi connectivity index (χ0n) is 29.9. The van der Waals surface area contributed by atoms with Crippen molar-refractivity contribution in [3.8, 4) is 11.1 Å². The monoisotopic (exact) mass is 690 g/mol. The molecule has 0 atom stereocenters. The van der Waals surface area contributed by atoms with Gasteiger partial charge in [0.15, 0.2) is 0 Å². The van der Waals surface area contributed by atoms with Crippen molar-refractivity contribution in [3.63, 3.8) is 0 Å². The molecule has 0 saturated heterocycles. The summed E-state index contributed by atoms with van der Waals surface area (Å²) in [6.45, 7) is 0. The summed E-state index contributed by atoms with van der Waals surface area (Å²) in [4.78, 5) is 4.85. The van der Waals surface area contributed by atoms with Gasteiger partial charge in [-0.05, 0) is 94.2 Å². The Morgan fingerprint density at radius 2 is 0.722 bits per heavy atom. The van der Waals surface area contributed by atoms with Crippen LogP contribution in [0, 0.1) is 0 Å². The lowest BCUT2D eigenvalue weighted by Crippen LogP contribution is -2.13. The number of allylic oxidation sites excluding steroid dienone is 1. The molecule has 9 aromatic carbocycles. The quantitative estimate of drug-likeness (QED) is 0.164. The SMILES string of the molecule is C1=Cc2c(cccc2N(c2ccc(-c3ccc(N(c4cccc5ccccc45)c4cccc5ccccc45)cc3)cc2)c2cccc3ccccc23)CC1. The molecule has 0 aliphatic heterocycles. The maximum atomic E-state index is 2.44. The predicted molar refractivity (Wildman–Crippen MR) is 231 cm³/mol. The molecule has 10 rings (SSSR count). The minimum absolute atomic E-state index is 1.07. The average molecular weight is 691 g/mol. The van der Waals surface area contributed by atoms with E-state index in [9.17, 15) is 0 Å². The van der Waals surface area contributed by atoms with Gasteiger partial charge in [0.1, 0.15) is 0 Å². The molecule has 0 radical (unpaired) electrons. The highest BCUT2D eigenvalue weighted by atomic mass is 15.2. The van der Waals surface area contributed by atoms with E-state index in [-0.39, 0.29) is 0 Å². The van der Waals surface area contributed by atoms with Crippen LogP contribution in [0.4, 0.5) is 34.1 Å². The summed E-state index contributed by atoms with van der Waals surface area (Å²) in [5, 5.41) is 7.36. The average Bonchev–Trinajstić information content (AvgIpc) is 3.25. The van der Waals surface area contributed by atoms with Gasteiger partial charge in [-0.25, -0.2) is 0 Å². The Labute approximate surface area is 316 Å². The molecule has 0 spiro atoms. The van der Waals surface area contributed by atoms with E-state index in [0.29, 0.717) is 0 Å². The first-order valence-corrected chi connectivity index (χ1v) is 18.8. The summed E-state index contributed by atoms with van der Waals surface area (Å²) in [5.74, 6) is 0. The lowest BCUT2D eigenvalue weighted by atomic mass is 9.94. The van der Waals surface area contributed by atoms with Crippen LogP contribution < -0.4 is 9.80 Å². The second-order valence-corrected chi connectivity index (χ2v) is 14.1. The molecule has 1 aliphatic rings. The molecule has 0 saturated carbocycles. The highest BCUT2D eigenvalue weighted by Gasteiger charge is 2.21. The van der Waals surface area contributed by atoms with E-state index < -0.39 is 0 Å². The third-order valence-electron chi connectivity index (χ3n) is 10.9. The maximum absolute atomic E-state index is 2.44. The van der Waals surface area contributed by atoms with E-state index in [2.05, 4.69) is 216 Å². The topological polar surface area (TPSA) is 6.48 Å². The molecule has 9 aromatic rings. The molecule has 256 valence electrons. The minimum atomic E-state index is 1.07. The number of anilines is 6. The fraction of sp³-hybridized carbons (Fsp3) is 0.0385. The number of hydrogen-bond donors (Lipinski definition) is 0. The summed E-state index contributed by atoms with van der Waals surface area (Å²) in [7, 11) is 0. The van der Waals surface area contributed by atoms with Crippen LogP contribution in [0.3, 0.4) is 0 Å². The fourth-order valence-electron chi connectivity index (χ4n) is 8.28. The molecule has 0 fully saturated rings. The molecule has 0 amide bonds. The summed E-state index contributed by atoms with van der Waals surface area (Å²) in [6, 6.07) is 70.7. The lowest BCUT2D eigenvalue weighted by Gasteiger charge is -2.30. The van der Waals surface area contributed by atoms with Gasteiger partial charge < -0.3 is 9.80 Å². The normalized spacial score (nSPS) is 12.2. The largest absolute Gasteiger partial charge is 0.309 e. The molecule has 1 aliphatic carbocycles. The Morgan fingerprint density at radius 3 is 1.20 bits per heavy atom. The molecule has 2 heteroatoms. The zero-order valence-corrected chi connectivity index (χ0v) is 29.9. The van der Waals surface area contributed by atoms with Crippen molar-refractivity contribution in [2.45, 2.75) is 12.8 Å². The summed E-state index contributed by atoms with van der Waals surface area (Å²) < 4.78 is 0. The number of fused-ring (bicyclic) bond motifs is 4. The molecular weight excluding hydrogens is 653 g/mol. The van der Waals surface area contributed by atoms with Crippen LogP contribution in [0.15, 0.2) is 200 Å². The van der Waals surface area contributed by atoms with Crippen LogP contribution in [-0.4, -0.2) is 0 Å². The third kappa shape index (κ3) is 5.60. The van der Waals surface area contributed by atoms with Crippen LogP contribution in [0.2, 0.25) is 0 Å². The first-order chi connectivity index (χ1) is 26.8. The van der Waals surface area contributed by atoms with Crippen molar-refractivity contribution in [2.24, 2.45) is 0 Å². The van der Waals surface area contributed by atoms with E-state index in [4.69, 9.17) is 0 Å². The number of aryl methyl sites for hydroxylation is 1. The van der Waals surface area contributed by atoms with E-state index >= 15 is 0 Å². The van der Waals surface area contributed by atoms with Gasteiger partial charge in [0.25, 0.3) is 0 Å². The Balaban J connectivity index is 1.06. The van der Waals surface area contributed by atoms with Crippen molar-refractivity contribution >= 4 is 72.5 Å². The van der Waals surface area contributed by atoms with Crippen molar-refractivity contribution in [2.75, 3.05) is 9.80 Å². The maximum Gasteiger partial charge on any atom is 0.0540 e. The smallest absolute Gasteiger partial charge is 0.0540 e. The Bertz CT molecular complexity index is 2740. The van der Waals surface area contributed by atoms with Crippen LogP contribution >= 0.6 is 0 Å². The molecule has 0 aromatic heterocycles. The molecule has 0 unspecified atom stereocenters. The number of benzene rings is 9. The van der Waals surface area contributed by atoms with Gasteiger partial charge >= 0.3 is 0 Å². The third-order valence-corrected chi connectivity index (χ3v) is 10.9. The van der Waals surface area contributed by atoms with E-state index in [1.165, 1.54) is 65.9 Å². The van der Waals surface area contributed by atoms with Gasteiger partial charge in [-0.2, -0.15) is 0 Å². The Morgan fingerprint density at radius 1 is 0.333 bits per heavy atom. The highest BCUT2D eigenvalue weighted by Crippen LogP contribution is 2.45. The second kappa shape index (κ2) is 13.6. The fourth-order valence-corrected chi connectivity index (χ4v) is 8.28. The first-order valence-electron chi connectivity index (χ1n) is 18.8. The van der Waals surface area contributed by atoms with E-state index in [1.807, 2.05) is 0 Å². The van der Waals surface area contributed by atoms with Gasteiger partial charge in [0, 0.05) is 33.1 Å². The summed E-state index contributed by atoms with van der Waals surface area (Å²) in [6.07, 6.45) is 6.76.